The fraction of sp³-hybridized carbons (Fsp3) is 0.433. The van der Waals surface area contributed by atoms with Gasteiger partial charge in [0.25, 0.3) is 11.8 Å². The van der Waals surface area contributed by atoms with Crippen molar-refractivity contribution in [3.8, 4) is 0 Å². The van der Waals surface area contributed by atoms with Crippen LogP contribution in [0.2, 0.25) is 5.02 Å². The van der Waals surface area contributed by atoms with Crippen LogP contribution in [-0.4, -0.2) is 76.7 Å². The lowest BCUT2D eigenvalue weighted by molar-refractivity contribution is -0.130. The van der Waals surface area contributed by atoms with Gasteiger partial charge >= 0.3 is 6.09 Å². The minimum absolute atomic E-state index is 0.0569. The van der Waals surface area contributed by atoms with Gasteiger partial charge in [-0.05, 0) is 61.2 Å². The summed E-state index contributed by atoms with van der Waals surface area (Å²) in [5, 5.41) is 1.06. The van der Waals surface area contributed by atoms with Crippen LogP contribution in [0.1, 0.15) is 54.1 Å². The van der Waals surface area contributed by atoms with Gasteiger partial charge in [-0.2, -0.15) is 0 Å². The van der Waals surface area contributed by atoms with Crippen molar-refractivity contribution in [2.45, 2.75) is 50.4 Å². The summed E-state index contributed by atoms with van der Waals surface area (Å²) >= 11 is 7.92. The normalized spacial score (nSPS) is 22.6. The SMILES string of the molecule is CCOC(=O)N1CCN(C(=O)c2ccc(/C=C3/SC4CCCCC4N(Cc4cccc(Cl)c4)C3=O)cc2)CC1. The number of carbonyl (C=O) groups excluding carboxylic acids is 3. The van der Waals surface area contributed by atoms with Crippen LogP contribution in [0.4, 0.5) is 4.79 Å². The Morgan fingerprint density at radius 1 is 1.03 bits per heavy atom. The van der Waals surface area contributed by atoms with Crippen LogP contribution < -0.4 is 0 Å². The molecule has 7 nitrogen and oxygen atoms in total. The molecule has 206 valence electrons. The summed E-state index contributed by atoms with van der Waals surface area (Å²) in [6.07, 6.45) is 6.09. The molecule has 0 bridgehead atoms. The Morgan fingerprint density at radius 2 is 1.74 bits per heavy atom. The third kappa shape index (κ3) is 6.44. The monoisotopic (exact) mass is 567 g/mol. The largest absolute Gasteiger partial charge is 0.450 e. The summed E-state index contributed by atoms with van der Waals surface area (Å²) in [5.74, 6) is 0.00123. The molecule has 3 amide bonds. The van der Waals surface area contributed by atoms with E-state index in [-0.39, 0.29) is 23.9 Å². The highest BCUT2D eigenvalue weighted by Gasteiger charge is 2.40. The third-order valence-electron chi connectivity index (χ3n) is 7.61. The molecule has 2 aromatic rings. The Bertz CT molecular complexity index is 1240. The van der Waals surface area contributed by atoms with Crippen molar-refractivity contribution in [1.29, 1.82) is 0 Å². The summed E-state index contributed by atoms with van der Waals surface area (Å²) in [4.78, 5) is 44.8. The molecule has 0 N–H and O–H groups in total. The van der Waals surface area contributed by atoms with Crippen LogP contribution in [0.5, 0.6) is 0 Å². The van der Waals surface area contributed by atoms with E-state index in [2.05, 4.69) is 0 Å². The number of rotatable bonds is 5. The topological polar surface area (TPSA) is 70.2 Å². The quantitative estimate of drug-likeness (QED) is 0.435. The Kier molecular flexibility index (Phi) is 8.82. The number of fused-ring (bicyclic) bond motifs is 1. The van der Waals surface area contributed by atoms with Gasteiger partial charge in [0.2, 0.25) is 0 Å². The molecule has 5 rings (SSSR count). The maximum absolute atomic E-state index is 13.7. The fourth-order valence-corrected chi connectivity index (χ4v) is 7.24. The minimum Gasteiger partial charge on any atom is -0.450 e. The van der Waals surface area contributed by atoms with Crippen molar-refractivity contribution < 1.29 is 19.1 Å². The molecule has 2 aromatic carbocycles. The van der Waals surface area contributed by atoms with Gasteiger partial charge in [-0.3, -0.25) is 9.59 Å². The summed E-state index contributed by atoms with van der Waals surface area (Å²) < 4.78 is 5.06. The first-order valence-electron chi connectivity index (χ1n) is 13.7. The maximum Gasteiger partial charge on any atom is 0.409 e. The Labute approximate surface area is 239 Å². The predicted octanol–water partition coefficient (Wildman–Crippen LogP) is 5.68. The van der Waals surface area contributed by atoms with Gasteiger partial charge in [0.1, 0.15) is 0 Å². The molecule has 0 radical (unpaired) electrons. The molecular weight excluding hydrogens is 534 g/mol. The number of nitrogens with zero attached hydrogens (tertiary/aromatic N) is 3. The molecule has 2 heterocycles. The van der Waals surface area contributed by atoms with Gasteiger partial charge in [0.15, 0.2) is 0 Å². The Hall–Kier alpha value is -2.97. The third-order valence-corrected chi connectivity index (χ3v) is 9.24. The van der Waals surface area contributed by atoms with Crippen LogP contribution in [0, 0.1) is 0 Å². The van der Waals surface area contributed by atoms with E-state index in [4.69, 9.17) is 16.3 Å². The van der Waals surface area contributed by atoms with Gasteiger partial charge in [0, 0.05) is 54.6 Å². The van der Waals surface area contributed by atoms with Gasteiger partial charge in [0.05, 0.1) is 11.5 Å². The second-order valence-electron chi connectivity index (χ2n) is 10.2. The van der Waals surface area contributed by atoms with E-state index in [1.807, 2.05) is 59.5 Å². The lowest BCUT2D eigenvalue weighted by atomic mass is 9.92. The van der Waals surface area contributed by atoms with Crippen LogP contribution in [0.15, 0.2) is 53.4 Å². The Morgan fingerprint density at radius 3 is 2.46 bits per heavy atom. The van der Waals surface area contributed by atoms with Crippen molar-refractivity contribution in [2.24, 2.45) is 0 Å². The molecule has 3 aliphatic rings. The number of piperazine rings is 1. The molecule has 2 saturated heterocycles. The first-order chi connectivity index (χ1) is 18.9. The second kappa shape index (κ2) is 12.5. The Balaban J connectivity index is 1.27. The molecule has 2 unspecified atom stereocenters. The summed E-state index contributed by atoms with van der Waals surface area (Å²) in [5.41, 5.74) is 2.53. The number of amides is 3. The molecule has 2 aliphatic heterocycles. The van der Waals surface area contributed by atoms with Crippen LogP contribution in [0.25, 0.3) is 6.08 Å². The maximum atomic E-state index is 13.7. The standard InChI is InChI=1S/C30H34ClN3O4S/c1-2-38-30(37)33-16-14-32(15-17-33)28(35)23-12-10-21(11-13-23)19-27-29(36)34(20-22-6-5-7-24(31)18-22)25-8-3-4-9-26(25)39-27/h5-7,10-13,18-19,25-26H,2-4,8-9,14-17,20H2,1H3/b27-19+. The van der Waals surface area contributed by atoms with E-state index < -0.39 is 0 Å². The van der Waals surface area contributed by atoms with Crippen LogP contribution in [0.3, 0.4) is 0 Å². The molecule has 0 aromatic heterocycles. The molecule has 39 heavy (non-hydrogen) atoms. The second-order valence-corrected chi connectivity index (χ2v) is 11.9. The van der Waals surface area contributed by atoms with Crippen LogP contribution >= 0.6 is 23.4 Å². The molecule has 1 saturated carbocycles. The highest BCUT2D eigenvalue weighted by molar-refractivity contribution is 8.04. The zero-order chi connectivity index (χ0) is 27.4. The number of hydrogen-bond acceptors (Lipinski definition) is 5. The fourth-order valence-electron chi connectivity index (χ4n) is 5.56. The molecule has 3 fully saturated rings. The average Bonchev–Trinajstić information content (AvgIpc) is 2.95. The smallest absolute Gasteiger partial charge is 0.409 e. The summed E-state index contributed by atoms with van der Waals surface area (Å²) in [6.45, 7) is 4.54. The van der Waals surface area contributed by atoms with Crippen LogP contribution in [-0.2, 0) is 16.1 Å². The van der Waals surface area contributed by atoms with Gasteiger partial charge < -0.3 is 19.4 Å². The first-order valence-corrected chi connectivity index (χ1v) is 14.9. The lowest BCUT2D eigenvalue weighted by Crippen LogP contribution is -2.50. The number of carbonyl (C=O) groups is 3. The number of ether oxygens (including phenoxy) is 1. The van der Waals surface area contributed by atoms with E-state index in [0.29, 0.717) is 55.2 Å². The molecule has 0 spiro atoms. The van der Waals surface area contributed by atoms with Gasteiger partial charge in [-0.1, -0.05) is 48.7 Å². The number of thioether (sulfide) groups is 1. The molecule has 2 atom stereocenters. The predicted molar refractivity (Wildman–Crippen MR) is 155 cm³/mol. The summed E-state index contributed by atoms with van der Waals surface area (Å²) in [7, 11) is 0. The van der Waals surface area contributed by atoms with Gasteiger partial charge in [-0.25, -0.2) is 4.79 Å². The van der Waals surface area contributed by atoms with E-state index >= 15 is 0 Å². The first kappa shape index (κ1) is 27.6. The van der Waals surface area contributed by atoms with E-state index in [9.17, 15) is 14.4 Å². The van der Waals surface area contributed by atoms with Crippen molar-refractivity contribution in [3.05, 3.63) is 75.1 Å². The average molecular weight is 568 g/mol. The van der Waals surface area contributed by atoms with E-state index in [1.165, 1.54) is 6.42 Å². The zero-order valence-corrected chi connectivity index (χ0v) is 23.8. The van der Waals surface area contributed by atoms with Crippen molar-refractivity contribution in [2.75, 3.05) is 32.8 Å². The highest BCUT2D eigenvalue weighted by atomic mass is 35.5. The highest BCUT2D eigenvalue weighted by Crippen LogP contribution is 2.42. The lowest BCUT2D eigenvalue weighted by Gasteiger charge is -2.44. The van der Waals surface area contributed by atoms with Crippen molar-refractivity contribution in [1.82, 2.24) is 14.7 Å². The number of benzene rings is 2. The number of halogens is 1. The van der Waals surface area contributed by atoms with E-state index in [1.54, 1.807) is 28.5 Å². The van der Waals surface area contributed by atoms with Crippen molar-refractivity contribution in [3.63, 3.8) is 0 Å². The summed E-state index contributed by atoms with van der Waals surface area (Å²) in [6, 6.07) is 15.4. The minimum atomic E-state index is -0.331. The van der Waals surface area contributed by atoms with E-state index in [0.717, 1.165) is 35.3 Å². The number of hydrogen-bond donors (Lipinski definition) is 0. The zero-order valence-electron chi connectivity index (χ0n) is 22.2. The van der Waals surface area contributed by atoms with Gasteiger partial charge in [-0.15, -0.1) is 11.8 Å². The van der Waals surface area contributed by atoms with Crippen molar-refractivity contribution >= 4 is 47.3 Å². The molecular formula is C30H34ClN3O4S. The molecule has 1 aliphatic carbocycles. The molecule has 9 heteroatoms.